The fourth-order valence-electron chi connectivity index (χ4n) is 3.92. The summed E-state index contributed by atoms with van der Waals surface area (Å²) in [6.45, 7) is 3.52. The van der Waals surface area contributed by atoms with Crippen LogP contribution < -0.4 is 0 Å². The second-order valence-electron chi connectivity index (χ2n) is 7.78. The van der Waals surface area contributed by atoms with Gasteiger partial charge in [-0.3, -0.25) is 0 Å². The van der Waals surface area contributed by atoms with Crippen LogP contribution in [0.25, 0.3) is 6.08 Å². The molecular formula is C21H27F3O2. The Morgan fingerprint density at radius 1 is 1.04 bits per heavy atom. The molecule has 0 radical (unpaired) electrons. The molecule has 3 rings (SSSR count). The van der Waals surface area contributed by atoms with Crippen molar-refractivity contribution >= 4 is 6.08 Å². The predicted molar refractivity (Wildman–Crippen MR) is 95.1 cm³/mol. The molecule has 0 N–H and O–H groups in total. The standard InChI is InChI=1S/C21H27F3O2/c1-14-2-4-15(5-3-14)6-7-16-12-25-21(26-13-16)18-9-8-17(11-20(23)24)19(22)10-18/h8-11,14-16,21H,2-7,12-13H2,1H3. The van der Waals surface area contributed by atoms with E-state index in [-0.39, 0.29) is 5.56 Å². The summed E-state index contributed by atoms with van der Waals surface area (Å²) in [4.78, 5) is 0. The SMILES string of the molecule is CC1CCC(CCC2COC(c3ccc(C=C(F)F)c(F)c3)OC2)CC1. The molecule has 0 atom stereocenters. The van der Waals surface area contributed by atoms with Gasteiger partial charge in [0.15, 0.2) is 6.29 Å². The largest absolute Gasteiger partial charge is 0.348 e. The molecule has 0 aromatic heterocycles. The summed E-state index contributed by atoms with van der Waals surface area (Å²) in [5.74, 6) is 1.38. The second kappa shape index (κ2) is 9.05. The average Bonchev–Trinajstić information content (AvgIpc) is 2.63. The van der Waals surface area contributed by atoms with Gasteiger partial charge in [-0.1, -0.05) is 51.2 Å². The van der Waals surface area contributed by atoms with Gasteiger partial charge >= 0.3 is 0 Å². The van der Waals surface area contributed by atoms with Crippen LogP contribution in [0.3, 0.4) is 0 Å². The first-order valence-corrected chi connectivity index (χ1v) is 9.56. The van der Waals surface area contributed by atoms with Crippen LogP contribution in [-0.2, 0) is 9.47 Å². The summed E-state index contributed by atoms with van der Waals surface area (Å²) in [5.41, 5.74) is 0.392. The summed E-state index contributed by atoms with van der Waals surface area (Å²) < 4.78 is 50.0. The number of hydrogen-bond acceptors (Lipinski definition) is 2. The molecule has 0 unspecified atom stereocenters. The highest BCUT2D eigenvalue weighted by atomic mass is 19.3. The van der Waals surface area contributed by atoms with Crippen LogP contribution in [0.15, 0.2) is 24.3 Å². The van der Waals surface area contributed by atoms with Gasteiger partial charge in [-0.2, -0.15) is 8.78 Å². The van der Waals surface area contributed by atoms with Gasteiger partial charge in [-0.05, 0) is 24.3 Å². The van der Waals surface area contributed by atoms with Gasteiger partial charge in [0.1, 0.15) is 5.82 Å². The van der Waals surface area contributed by atoms with Gasteiger partial charge in [0.25, 0.3) is 6.08 Å². The zero-order valence-electron chi connectivity index (χ0n) is 15.2. The smallest absolute Gasteiger partial charge is 0.271 e. The number of hydrogen-bond donors (Lipinski definition) is 0. The zero-order chi connectivity index (χ0) is 18.5. The lowest BCUT2D eigenvalue weighted by Gasteiger charge is -2.32. The molecule has 144 valence electrons. The minimum absolute atomic E-state index is 0.135. The highest BCUT2D eigenvalue weighted by molar-refractivity contribution is 5.51. The van der Waals surface area contributed by atoms with E-state index in [9.17, 15) is 13.2 Å². The van der Waals surface area contributed by atoms with Gasteiger partial charge in [-0.25, -0.2) is 4.39 Å². The van der Waals surface area contributed by atoms with Crippen LogP contribution in [0.5, 0.6) is 0 Å². The molecule has 1 saturated carbocycles. The number of benzene rings is 1. The van der Waals surface area contributed by atoms with Gasteiger partial charge < -0.3 is 9.47 Å². The fourth-order valence-corrected chi connectivity index (χ4v) is 3.92. The maximum Gasteiger partial charge on any atom is 0.271 e. The Morgan fingerprint density at radius 2 is 1.69 bits per heavy atom. The van der Waals surface area contributed by atoms with E-state index in [1.807, 2.05) is 0 Å². The summed E-state index contributed by atoms with van der Waals surface area (Å²) in [7, 11) is 0. The molecular weight excluding hydrogens is 341 g/mol. The summed E-state index contributed by atoms with van der Waals surface area (Å²) >= 11 is 0. The van der Waals surface area contributed by atoms with Crippen LogP contribution in [0.1, 0.15) is 62.9 Å². The minimum atomic E-state index is -1.92. The van der Waals surface area contributed by atoms with Crippen LogP contribution in [0.2, 0.25) is 0 Å². The van der Waals surface area contributed by atoms with Gasteiger partial charge in [0.2, 0.25) is 0 Å². The maximum absolute atomic E-state index is 13.9. The van der Waals surface area contributed by atoms with Crippen molar-refractivity contribution in [1.29, 1.82) is 0 Å². The monoisotopic (exact) mass is 368 g/mol. The topological polar surface area (TPSA) is 18.5 Å². The lowest BCUT2D eigenvalue weighted by molar-refractivity contribution is -0.206. The third-order valence-electron chi connectivity index (χ3n) is 5.65. The molecule has 1 heterocycles. The van der Waals surface area contributed by atoms with E-state index in [4.69, 9.17) is 9.47 Å². The van der Waals surface area contributed by atoms with Crippen molar-refractivity contribution in [2.75, 3.05) is 13.2 Å². The maximum atomic E-state index is 13.9. The Morgan fingerprint density at radius 3 is 2.31 bits per heavy atom. The van der Waals surface area contributed by atoms with Crippen molar-refractivity contribution in [2.45, 2.75) is 51.7 Å². The van der Waals surface area contributed by atoms with E-state index >= 15 is 0 Å². The Hall–Kier alpha value is -1.33. The zero-order valence-corrected chi connectivity index (χ0v) is 15.2. The summed E-state index contributed by atoms with van der Waals surface area (Å²) in [6.07, 6.45) is 5.64. The van der Waals surface area contributed by atoms with Crippen molar-refractivity contribution in [2.24, 2.45) is 17.8 Å². The Kier molecular flexibility index (Phi) is 6.76. The molecule has 1 aromatic rings. The van der Waals surface area contributed by atoms with Gasteiger partial charge in [-0.15, -0.1) is 0 Å². The molecule has 5 heteroatoms. The van der Waals surface area contributed by atoms with E-state index in [1.54, 1.807) is 6.07 Å². The van der Waals surface area contributed by atoms with Crippen LogP contribution in [0.4, 0.5) is 13.2 Å². The normalized spacial score (nSPS) is 29.4. The molecule has 0 bridgehead atoms. The molecule has 1 aliphatic heterocycles. The number of halogens is 3. The molecule has 2 fully saturated rings. The molecule has 26 heavy (non-hydrogen) atoms. The van der Waals surface area contributed by atoms with Crippen molar-refractivity contribution in [1.82, 2.24) is 0 Å². The third-order valence-corrected chi connectivity index (χ3v) is 5.65. The van der Waals surface area contributed by atoms with Crippen molar-refractivity contribution in [3.05, 3.63) is 41.2 Å². The Labute approximate surface area is 153 Å². The summed E-state index contributed by atoms with van der Waals surface area (Å²) in [6, 6.07) is 4.11. The van der Waals surface area contributed by atoms with Crippen LogP contribution in [0, 0.1) is 23.6 Å². The number of ether oxygens (including phenoxy) is 2. The van der Waals surface area contributed by atoms with Gasteiger partial charge in [0.05, 0.1) is 13.2 Å². The highest BCUT2D eigenvalue weighted by Gasteiger charge is 2.26. The molecule has 1 saturated heterocycles. The van der Waals surface area contributed by atoms with Crippen LogP contribution in [-0.4, -0.2) is 13.2 Å². The second-order valence-corrected chi connectivity index (χ2v) is 7.78. The Balaban J connectivity index is 1.46. The first-order chi connectivity index (χ1) is 12.5. The lowest BCUT2D eigenvalue weighted by Crippen LogP contribution is -2.28. The Bertz CT molecular complexity index is 612. The molecule has 0 amide bonds. The van der Waals surface area contributed by atoms with E-state index in [0.29, 0.717) is 30.8 Å². The van der Waals surface area contributed by atoms with Crippen molar-refractivity contribution in [3.63, 3.8) is 0 Å². The molecule has 2 aliphatic rings. The highest BCUT2D eigenvalue weighted by Crippen LogP contribution is 2.34. The fraction of sp³-hybridized carbons (Fsp3) is 0.619. The molecule has 2 nitrogen and oxygen atoms in total. The van der Waals surface area contributed by atoms with E-state index in [1.165, 1.54) is 44.2 Å². The average molecular weight is 368 g/mol. The van der Waals surface area contributed by atoms with E-state index in [2.05, 4.69) is 6.92 Å². The first-order valence-electron chi connectivity index (χ1n) is 9.56. The van der Waals surface area contributed by atoms with E-state index in [0.717, 1.165) is 18.3 Å². The molecule has 1 aliphatic carbocycles. The predicted octanol–water partition coefficient (Wildman–Crippen LogP) is 6.33. The van der Waals surface area contributed by atoms with Crippen LogP contribution >= 0.6 is 0 Å². The summed E-state index contributed by atoms with van der Waals surface area (Å²) in [5, 5.41) is 0. The quantitative estimate of drug-likeness (QED) is 0.604. The molecule has 1 aromatic carbocycles. The third kappa shape index (κ3) is 5.34. The number of rotatable bonds is 5. The first kappa shape index (κ1) is 19.4. The minimum Gasteiger partial charge on any atom is -0.348 e. The van der Waals surface area contributed by atoms with Gasteiger partial charge in [0, 0.05) is 23.1 Å². The molecule has 0 spiro atoms. The van der Waals surface area contributed by atoms with Crippen molar-refractivity contribution < 1.29 is 22.6 Å². The lowest BCUT2D eigenvalue weighted by atomic mass is 9.80. The van der Waals surface area contributed by atoms with E-state index < -0.39 is 18.2 Å². The van der Waals surface area contributed by atoms with Crippen molar-refractivity contribution in [3.8, 4) is 0 Å².